The molecule has 0 spiro atoms. The highest BCUT2D eigenvalue weighted by molar-refractivity contribution is 5.82. The molecule has 3 aromatic rings. The van der Waals surface area contributed by atoms with Crippen molar-refractivity contribution in [3.8, 4) is 11.4 Å². The molecule has 1 heterocycles. The van der Waals surface area contributed by atoms with E-state index in [1.54, 1.807) is 18.2 Å². The third-order valence-corrected chi connectivity index (χ3v) is 3.14. The largest absolute Gasteiger partial charge is 0.497 e. The Labute approximate surface area is 117 Å². The molecule has 108 valence electrons. The van der Waals surface area contributed by atoms with Gasteiger partial charge in [-0.15, -0.1) is 0 Å². The van der Waals surface area contributed by atoms with Crippen molar-refractivity contribution in [3.63, 3.8) is 0 Å². The number of hydrogen-bond acceptors (Lipinski definition) is 3. The lowest BCUT2D eigenvalue weighted by molar-refractivity contribution is 0.415. The topological polar surface area (TPSA) is 53.1 Å². The molecular formula is C14H10F3N3O. The molecule has 0 saturated heterocycles. The quantitative estimate of drug-likeness (QED) is 0.739. The van der Waals surface area contributed by atoms with Crippen LogP contribution in [0.25, 0.3) is 16.7 Å². The van der Waals surface area contributed by atoms with E-state index >= 15 is 0 Å². The number of nitrogens with zero attached hydrogens (tertiary/aromatic N) is 2. The fourth-order valence-corrected chi connectivity index (χ4v) is 2.15. The SMILES string of the molecule is COc1ccc2c(c1)nc(N)n2-c1ccc(F)c(F)c1F. The summed E-state index contributed by atoms with van der Waals surface area (Å²) in [6.45, 7) is 0. The lowest BCUT2D eigenvalue weighted by atomic mass is 10.2. The van der Waals surface area contributed by atoms with Crippen molar-refractivity contribution in [3.05, 3.63) is 47.8 Å². The van der Waals surface area contributed by atoms with Crippen LogP contribution in [0.1, 0.15) is 0 Å². The van der Waals surface area contributed by atoms with Crippen LogP contribution in [0.3, 0.4) is 0 Å². The molecule has 21 heavy (non-hydrogen) atoms. The highest BCUT2D eigenvalue weighted by Crippen LogP contribution is 2.28. The van der Waals surface area contributed by atoms with Crippen molar-refractivity contribution in [1.29, 1.82) is 0 Å². The van der Waals surface area contributed by atoms with Gasteiger partial charge in [0.25, 0.3) is 0 Å². The highest BCUT2D eigenvalue weighted by atomic mass is 19.2. The molecule has 0 unspecified atom stereocenters. The molecule has 7 heteroatoms. The minimum atomic E-state index is -1.55. The summed E-state index contributed by atoms with van der Waals surface area (Å²) >= 11 is 0. The van der Waals surface area contributed by atoms with E-state index in [2.05, 4.69) is 4.98 Å². The maximum Gasteiger partial charge on any atom is 0.206 e. The summed E-state index contributed by atoms with van der Waals surface area (Å²) in [5.74, 6) is -3.62. The van der Waals surface area contributed by atoms with Gasteiger partial charge in [-0.3, -0.25) is 4.57 Å². The zero-order valence-corrected chi connectivity index (χ0v) is 10.9. The normalized spacial score (nSPS) is 11.0. The van der Waals surface area contributed by atoms with Crippen LogP contribution in [0.2, 0.25) is 0 Å². The lowest BCUT2D eigenvalue weighted by Crippen LogP contribution is -2.05. The van der Waals surface area contributed by atoms with E-state index in [0.29, 0.717) is 16.8 Å². The van der Waals surface area contributed by atoms with Gasteiger partial charge in [0.15, 0.2) is 17.5 Å². The summed E-state index contributed by atoms with van der Waals surface area (Å²) in [5, 5.41) is 0. The Morgan fingerprint density at radius 1 is 1.10 bits per heavy atom. The summed E-state index contributed by atoms with van der Waals surface area (Å²) in [4.78, 5) is 4.07. The van der Waals surface area contributed by atoms with E-state index < -0.39 is 17.5 Å². The molecule has 1 aromatic heterocycles. The third-order valence-electron chi connectivity index (χ3n) is 3.14. The zero-order valence-electron chi connectivity index (χ0n) is 10.9. The Balaban J connectivity index is 2.30. The molecular weight excluding hydrogens is 283 g/mol. The van der Waals surface area contributed by atoms with Gasteiger partial charge < -0.3 is 10.5 Å². The van der Waals surface area contributed by atoms with E-state index in [0.717, 1.165) is 12.1 Å². The van der Waals surface area contributed by atoms with Crippen LogP contribution in [0.15, 0.2) is 30.3 Å². The van der Waals surface area contributed by atoms with Gasteiger partial charge in [0.2, 0.25) is 5.95 Å². The first-order valence-corrected chi connectivity index (χ1v) is 5.98. The molecule has 0 saturated carbocycles. The van der Waals surface area contributed by atoms with Crippen LogP contribution in [0.5, 0.6) is 5.75 Å². The molecule has 0 fully saturated rings. The van der Waals surface area contributed by atoms with Crippen molar-refractivity contribution < 1.29 is 17.9 Å². The van der Waals surface area contributed by atoms with Crippen molar-refractivity contribution >= 4 is 17.0 Å². The molecule has 3 rings (SSSR count). The first-order valence-electron chi connectivity index (χ1n) is 5.98. The van der Waals surface area contributed by atoms with Gasteiger partial charge in [-0.25, -0.2) is 18.2 Å². The number of halogens is 3. The van der Waals surface area contributed by atoms with E-state index in [9.17, 15) is 13.2 Å². The number of rotatable bonds is 2. The molecule has 2 aromatic carbocycles. The maximum absolute atomic E-state index is 13.9. The lowest BCUT2D eigenvalue weighted by Gasteiger charge is -2.09. The summed E-state index contributed by atoms with van der Waals surface area (Å²) in [5.41, 5.74) is 6.46. The predicted octanol–water partition coefficient (Wildman–Crippen LogP) is 3.03. The van der Waals surface area contributed by atoms with Crippen LogP contribution >= 0.6 is 0 Å². The summed E-state index contributed by atoms with van der Waals surface area (Å²) in [6.07, 6.45) is 0. The number of methoxy groups -OCH3 is 1. The van der Waals surface area contributed by atoms with Gasteiger partial charge in [-0.05, 0) is 24.3 Å². The molecule has 4 nitrogen and oxygen atoms in total. The number of imidazole rings is 1. The van der Waals surface area contributed by atoms with Gasteiger partial charge in [0.1, 0.15) is 5.75 Å². The van der Waals surface area contributed by atoms with Crippen molar-refractivity contribution in [2.24, 2.45) is 0 Å². The monoisotopic (exact) mass is 293 g/mol. The average Bonchev–Trinajstić information content (AvgIpc) is 2.80. The second kappa shape index (κ2) is 4.69. The minimum absolute atomic E-state index is 0.0387. The Morgan fingerprint density at radius 2 is 1.86 bits per heavy atom. The van der Waals surface area contributed by atoms with Crippen LogP contribution in [-0.2, 0) is 0 Å². The Morgan fingerprint density at radius 3 is 2.57 bits per heavy atom. The fourth-order valence-electron chi connectivity index (χ4n) is 2.15. The average molecular weight is 293 g/mol. The summed E-state index contributed by atoms with van der Waals surface area (Å²) in [7, 11) is 1.50. The molecule has 0 atom stereocenters. The van der Waals surface area contributed by atoms with E-state index in [1.807, 2.05) is 0 Å². The van der Waals surface area contributed by atoms with E-state index in [4.69, 9.17) is 10.5 Å². The number of ether oxygens (including phenoxy) is 1. The van der Waals surface area contributed by atoms with Gasteiger partial charge in [-0.1, -0.05) is 0 Å². The van der Waals surface area contributed by atoms with Gasteiger partial charge in [0.05, 0.1) is 23.8 Å². The Kier molecular flexibility index (Phi) is 2.97. The number of benzene rings is 2. The number of anilines is 1. The highest BCUT2D eigenvalue weighted by Gasteiger charge is 2.19. The minimum Gasteiger partial charge on any atom is -0.497 e. The second-order valence-electron chi connectivity index (χ2n) is 4.35. The van der Waals surface area contributed by atoms with E-state index in [1.165, 1.54) is 11.7 Å². The first-order chi connectivity index (χ1) is 10.0. The number of nitrogen functional groups attached to an aromatic ring is 1. The fraction of sp³-hybridized carbons (Fsp3) is 0.0714. The van der Waals surface area contributed by atoms with Crippen LogP contribution < -0.4 is 10.5 Å². The number of aromatic nitrogens is 2. The molecule has 2 N–H and O–H groups in total. The number of nitrogens with two attached hydrogens (primary N) is 1. The van der Waals surface area contributed by atoms with Gasteiger partial charge in [0, 0.05) is 6.07 Å². The molecule has 0 bridgehead atoms. The van der Waals surface area contributed by atoms with Gasteiger partial charge >= 0.3 is 0 Å². The maximum atomic E-state index is 13.9. The van der Waals surface area contributed by atoms with Crippen LogP contribution in [0, 0.1) is 17.5 Å². The Hall–Kier alpha value is -2.70. The smallest absolute Gasteiger partial charge is 0.206 e. The van der Waals surface area contributed by atoms with Gasteiger partial charge in [-0.2, -0.15) is 0 Å². The molecule has 0 radical (unpaired) electrons. The van der Waals surface area contributed by atoms with Crippen LogP contribution in [0.4, 0.5) is 19.1 Å². The van der Waals surface area contributed by atoms with Crippen LogP contribution in [-0.4, -0.2) is 16.7 Å². The van der Waals surface area contributed by atoms with Crippen molar-refractivity contribution in [2.45, 2.75) is 0 Å². The van der Waals surface area contributed by atoms with Crippen molar-refractivity contribution in [2.75, 3.05) is 12.8 Å². The zero-order chi connectivity index (χ0) is 15.1. The summed E-state index contributed by atoms with van der Waals surface area (Å²) < 4.78 is 46.6. The molecule has 0 aliphatic heterocycles. The Bertz CT molecular complexity index is 845. The van der Waals surface area contributed by atoms with Crippen molar-refractivity contribution in [1.82, 2.24) is 9.55 Å². The summed E-state index contributed by atoms with van der Waals surface area (Å²) in [6, 6.07) is 6.80. The molecule has 0 aliphatic rings. The molecule has 0 aliphatic carbocycles. The predicted molar refractivity (Wildman–Crippen MR) is 71.9 cm³/mol. The van der Waals surface area contributed by atoms with E-state index in [-0.39, 0.29) is 11.6 Å². The third kappa shape index (κ3) is 1.97. The molecule has 0 amide bonds. The first kappa shape index (κ1) is 13.3. The number of hydrogen-bond donors (Lipinski definition) is 1. The number of fused-ring (bicyclic) bond motifs is 1. The second-order valence-corrected chi connectivity index (χ2v) is 4.35. The standard InChI is InChI=1S/C14H10F3N3O/c1-21-7-2-4-10-9(6-7)19-14(18)20(10)11-5-3-8(15)12(16)13(11)17/h2-6H,1H3,(H2,18,19).